The van der Waals surface area contributed by atoms with Crippen LogP contribution in [0.25, 0.3) is 11.4 Å². The van der Waals surface area contributed by atoms with Crippen molar-refractivity contribution in [1.82, 2.24) is 20.1 Å². The Morgan fingerprint density at radius 1 is 1.28 bits per heavy atom. The summed E-state index contributed by atoms with van der Waals surface area (Å²) < 4.78 is 13.1. The number of fused-ring (bicyclic) bond motifs is 1. The summed E-state index contributed by atoms with van der Waals surface area (Å²) in [6, 6.07) is 13.6. The van der Waals surface area contributed by atoms with E-state index in [0.717, 1.165) is 28.3 Å². The number of nitrogens with zero attached hydrogens (tertiary/aromatic N) is 2. The van der Waals surface area contributed by atoms with Crippen LogP contribution in [0.3, 0.4) is 0 Å². The fraction of sp³-hybridized carbons (Fsp3) is 0.286. The van der Waals surface area contributed by atoms with Crippen molar-refractivity contribution in [3.63, 3.8) is 0 Å². The van der Waals surface area contributed by atoms with Crippen LogP contribution in [0.4, 0.5) is 0 Å². The number of amides is 1. The Morgan fingerprint density at radius 2 is 2.10 bits per heavy atom. The second kappa shape index (κ2) is 8.08. The minimum absolute atomic E-state index is 0.0616. The second-order valence-electron chi connectivity index (χ2n) is 7.03. The number of aromatic nitrogens is 3. The van der Waals surface area contributed by atoms with Crippen molar-refractivity contribution < 1.29 is 14.3 Å². The summed E-state index contributed by atoms with van der Waals surface area (Å²) >= 11 is 5.36. The zero-order chi connectivity index (χ0) is 20.4. The molecule has 1 atom stereocenters. The van der Waals surface area contributed by atoms with Crippen LogP contribution >= 0.6 is 12.2 Å². The molecule has 1 aliphatic heterocycles. The van der Waals surface area contributed by atoms with Gasteiger partial charge in [-0.2, -0.15) is 5.10 Å². The van der Waals surface area contributed by atoms with E-state index in [9.17, 15) is 4.79 Å². The van der Waals surface area contributed by atoms with Gasteiger partial charge in [0.2, 0.25) is 12.7 Å². The highest BCUT2D eigenvalue weighted by molar-refractivity contribution is 7.71. The van der Waals surface area contributed by atoms with Crippen molar-refractivity contribution in [2.75, 3.05) is 6.79 Å². The van der Waals surface area contributed by atoms with Gasteiger partial charge in [-0.05, 0) is 49.8 Å². The van der Waals surface area contributed by atoms with Crippen molar-refractivity contribution in [3.05, 3.63) is 58.4 Å². The van der Waals surface area contributed by atoms with Gasteiger partial charge in [-0.1, -0.05) is 29.8 Å². The Balaban J connectivity index is 1.41. The van der Waals surface area contributed by atoms with Crippen molar-refractivity contribution in [1.29, 1.82) is 0 Å². The third-order valence-electron chi connectivity index (χ3n) is 4.87. The highest BCUT2D eigenvalue weighted by Crippen LogP contribution is 2.34. The monoisotopic (exact) mass is 410 g/mol. The van der Waals surface area contributed by atoms with E-state index in [-0.39, 0.29) is 18.7 Å². The third kappa shape index (κ3) is 4.17. The van der Waals surface area contributed by atoms with Crippen molar-refractivity contribution in [3.8, 4) is 22.9 Å². The quantitative estimate of drug-likeness (QED) is 0.602. The first-order valence-electron chi connectivity index (χ1n) is 9.42. The predicted molar refractivity (Wildman–Crippen MR) is 111 cm³/mol. The van der Waals surface area contributed by atoms with Crippen LogP contribution in [0.1, 0.15) is 30.5 Å². The molecule has 150 valence electrons. The average Bonchev–Trinajstić information content (AvgIpc) is 3.32. The van der Waals surface area contributed by atoms with Crippen molar-refractivity contribution in [2.45, 2.75) is 32.9 Å². The van der Waals surface area contributed by atoms with E-state index in [1.807, 2.05) is 60.9 Å². The van der Waals surface area contributed by atoms with E-state index in [2.05, 4.69) is 15.5 Å². The maximum atomic E-state index is 12.5. The van der Waals surface area contributed by atoms with Gasteiger partial charge in [0.05, 0.1) is 6.04 Å². The largest absolute Gasteiger partial charge is 0.454 e. The first kappa shape index (κ1) is 19.2. The van der Waals surface area contributed by atoms with Gasteiger partial charge in [-0.15, -0.1) is 0 Å². The maximum Gasteiger partial charge on any atom is 0.231 e. The summed E-state index contributed by atoms with van der Waals surface area (Å²) in [5, 5.41) is 10.2. The molecule has 8 heteroatoms. The molecule has 3 aromatic rings. The van der Waals surface area contributed by atoms with Gasteiger partial charge in [0, 0.05) is 18.5 Å². The Morgan fingerprint density at radius 3 is 2.93 bits per heavy atom. The van der Waals surface area contributed by atoms with Crippen LogP contribution in [-0.2, 0) is 11.3 Å². The average molecular weight is 410 g/mol. The number of carbonyl (C=O) groups excluding carboxylic acids is 1. The number of aryl methyl sites for hydroxylation is 1. The molecule has 29 heavy (non-hydrogen) atoms. The normalized spacial score (nSPS) is 13.3. The molecule has 1 amide bonds. The zero-order valence-corrected chi connectivity index (χ0v) is 17.1. The number of nitrogens with one attached hydrogen (secondary N) is 2. The smallest absolute Gasteiger partial charge is 0.231 e. The molecular weight excluding hydrogens is 388 g/mol. The molecule has 2 N–H and O–H groups in total. The molecule has 0 aliphatic carbocycles. The van der Waals surface area contributed by atoms with Crippen LogP contribution in [-0.4, -0.2) is 27.5 Å². The van der Waals surface area contributed by atoms with E-state index < -0.39 is 0 Å². The first-order chi connectivity index (χ1) is 14.0. The minimum atomic E-state index is -0.148. The Kier molecular flexibility index (Phi) is 5.35. The van der Waals surface area contributed by atoms with Gasteiger partial charge >= 0.3 is 0 Å². The number of carbonyl (C=O) groups is 1. The fourth-order valence-corrected chi connectivity index (χ4v) is 3.55. The number of H-pyrrole nitrogens is 1. The molecule has 0 fully saturated rings. The van der Waals surface area contributed by atoms with E-state index in [1.54, 1.807) is 0 Å². The lowest BCUT2D eigenvalue weighted by Gasteiger charge is -2.15. The number of ether oxygens (including phenoxy) is 2. The van der Waals surface area contributed by atoms with E-state index in [4.69, 9.17) is 21.7 Å². The second-order valence-corrected chi connectivity index (χ2v) is 7.41. The van der Waals surface area contributed by atoms with Gasteiger partial charge in [0.15, 0.2) is 22.1 Å². The van der Waals surface area contributed by atoms with Crippen LogP contribution < -0.4 is 14.8 Å². The van der Waals surface area contributed by atoms with Gasteiger partial charge < -0.3 is 14.8 Å². The van der Waals surface area contributed by atoms with Crippen LogP contribution in [0, 0.1) is 11.7 Å². The lowest BCUT2D eigenvalue weighted by molar-refractivity contribution is -0.121. The molecule has 2 heterocycles. The number of benzene rings is 2. The molecular formula is C21H22N4O3S. The van der Waals surface area contributed by atoms with Crippen LogP contribution in [0.5, 0.6) is 11.5 Å². The maximum absolute atomic E-state index is 12.5. The summed E-state index contributed by atoms with van der Waals surface area (Å²) in [5.74, 6) is 2.10. The summed E-state index contributed by atoms with van der Waals surface area (Å²) in [5.41, 5.74) is 3.06. The topological polar surface area (TPSA) is 81.2 Å². The summed E-state index contributed by atoms with van der Waals surface area (Å²) in [6.07, 6.45) is 0.293. The van der Waals surface area contributed by atoms with E-state index >= 15 is 0 Å². The Labute approximate surface area is 173 Å². The Bertz CT molecular complexity index is 1110. The summed E-state index contributed by atoms with van der Waals surface area (Å²) in [4.78, 5) is 12.5. The third-order valence-corrected chi connectivity index (χ3v) is 5.18. The van der Waals surface area contributed by atoms with E-state index in [1.165, 1.54) is 0 Å². The van der Waals surface area contributed by atoms with Gasteiger partial charge in [-0.3, -0.25) is 14.5 Å². The number of hydrogen-bond donors (Lipinski definition) is 2. The number of hydrogen-bond acceptors (Lipinski definition) is 5. The highest BCUT2D eigenvalue weighted by atomic mass is 32.1. The molecule has 0 saturated carbocycles. The zero-order valence-electron chi connectivity index (χ0n) is 16.3. The van der Waals surface area contributed by atoms with Gasteiger partial charge in [-0.25, -0.2) is 0 Å². The standard InChI is InChI=1S/C21H22N4O3S/c1-13-4-3-5-16(10-13)20-23-24-21(29)25(20)9-8-19(26)22-14(2)15-6-7-17-18(11-15)28-12-27-17/h3-7,10-11,14H,8-9,12H2,1-2H3,(H,22,26)(H,24,29). The van der Waals surface area contributed by atoms with Crippen LogP contribution in [0.2, 0.25) is 0 Å². The molecule has 2 aromatic carbocycles. The fourth-order valence-electron chi connectivity index (χ4n) is 3.32. The molecule has 7 nitrogen and oxygen atoms in total. The molecule has 0 spiro atoms. The van der Waals surface area contributed by atoms with E-state index in [0.29, 0.717) is 23.5 Å². The molecule has 0 saturated heterocycles. The van der Waals surface area contributed by atoms with Gasteiger partial charge in [0.25, 0.3) is 0 Å². The highest BCUT2D eigenvalue weighted by Gasteiger charge is 2.17. The predicted octanol–water partition coefficient (Wildman–Crippen LogP) is 3.91. The minimum Gasteiger partial charge on any atom is -0.454 e. The number of rotatable bonds is 6. The van der Waals surface area contributed by atoms with Crippen molar-refractivity contribution >= 4 is 18.1 Å². The SMILES string of the molecule is Cc1cccc(-c2n[nH]c(=S)n2CCC(=O)NC(C)c2ccc3c(c2)OCO3)c1. The lowest BCUT2D eigenvalue weighted by atomic mass is 10.1. The molecule has 0 bridgehead atoms. The molecule has 1 unspecified atom stereocenters. The van der Waals surface area contributed by atoms with Crippen molar-refractivity contribution in [2.24, 2.45) is 0 Å². The first-order valence-corrected chi connectivity index (χ1v) is 9.83. The number of aromatic amines is 1. The summed E-state index contributed by atoms with van der Waals surface area (Å²) in [6.45, 7) is 4.64. The molecule has 1 aliphatic rings. The summed E-state index contributed by atoms with van der Waals surface area (Å²) in [7, 11) is 0. The molecule has 4 rings (SSSR count). The molecule has 0 radical (unpaired) electrons. The lowest BCUT2D eigenvalue weighted by Crippen LogP contribution is -2.27. The Hall–Kier alpha value is -3.13. The van der Waals surface area contributed by atoms with Gasteiger partial charge in [0.1, 0.15) is 0 Å². The molecule has 1 aromatic heterocycles. The van der Waals surface area contributed by atoms with Crippen LogP contribution in [0.15, 0.2) is 42.5 Å².